The molecular formula is C23H21N3O3. The van der Waals surface area contributed by atoms with Crippen molar-refractivity contribution in [2.24, 2.45) is 0 Å². The predicted molar refractivity (Wildman–Crippen MR) is 114 cm³/mol. The van der Waals surface area contributed by atoms with Gasteiger partial charge in [-0.25, -0.2) is 5.48 Å². The van der Waals surface area contributed by atoms with Crippen LogP contribution in [0.3, 0.4) is 0 Å². The largest absolute Gasteiger partial charge is 0.376 e. The fourth-order valence-corrected chi connectivity index (χ4v) is 2.77. The molecule has 146 valence electrons. The smallest absolute Gasteiger partial charge is 0.267 e. The van der Waals surface area contributed by atoms with Crippen molar-refractivity contribution >= 4 is 35.0 Å². The van der Waals surface area contributed by atoms with Crippen molar-refractivity contribution in [2.45, 2.75) is 0 Å². The molecule has 3 aromatic carbocycles. The Kier molecular flexibility index (Phi) is 6.75. The summed E-state index contributed by atoms with van der Waals surface area (Å²) in [4.78, 5) is 25.7. The first-order chi connectivity index (χ1) is 14.2. The second-order valence-corrected chi connectivity index (χ2v) is 6.19. The molecule has 0 aliphatic rings. The van der Waals surface area contributed by atoms with Gasteiger partial charge in [0, 0.05) is 23.1 Å². The van der Waals surface area contributed by atoms with Crippen LogP contribution in [0.4, 0.5) is 17.1 Å². The zero-order valence-electron chi connectivity index (χ0n) is 15.7. The number of nitrogens with one attached hydrogen (secondary N) is 2. The number of amides is 2. The monoisotopic (exact) mass is 387 g/mol. The van der Waals surface area contributed by atoms with Crippen LogP contribution in [0, 0.1) is 0 Å². The summed E-state index contributed by atoms with van der Waals surface area (Å²) >= 11 is 0. The third-order valence-electron chi connectivity index (χ3n) is 4.17. The number of benzene rings is 3. The highest BCUT2D eigenvalue weighted by molar-refractivity contribution is 6.02. The standard InChI is InChI=1S/C23H21N3O3/c27-22(25-29)16-13-18-11-14-19(15-12-18)24-17-23(28)26(20-7-3-1-4-8-20)21-9-5-2-6-10-21/h1-16,24,29H,17H2,(H,25,27). The molecule has 0 aromatic heterocycles. The van der Waals surface area contributed by atoms with Crippen LogP contribution in [0.2, 0.25) is 0 Å². The van der Waals surface area contributed by atoms with Gasteiger partial charge in [-0.05, 0) is 48.0 Å². The number of para-hydroxylation sites is 2. The Bertz CT molecular complexity index is 932. The number of hydrogen-bond acceptors (Lipinski definition) is 4. The molecule has 0 aliphatic heterocycles. The lowest BCUT2D eigenvalue weighted by Crippen LogP contribution is -2.31. The number of anilines is 3. The van der Waals surface area contributed by atoms with Gasteiger partial charge in [0.1, 0.15) is 0 Å². The topological polar surface area (TPSA) is 81.7 Å². The van der Waals surface area contributed by atoms with Gasteiger partial charge in [0.15, 0.2) is 0 Å². The summed E-state index contributed by atoms with van der Waals surface area (Å²) in [6.45, 7) is 0.117. The molecule has 3 rings (SSSR count). The maximum atomic E-state index is 13.0. The lowest BCUT2D eigenvalue weighted by Gasteiger charge is -2.23. The lowest BCUT2D eigenvalue weighted by molar-refractivity contribution is -0.124. The maximum absolute atomic E-state index is 13.0. The van der Waals surface area contributed by atoms with E-state index in [0.717, 1.165) is 22.6 Å². The molecule has 0 atom stereocenters. The summed E-state index contributed by atoms with van der Waals surface area (Å²) in [5, 5.41) is 11.6. The van der Waals surface area contributed by atoms with Gasteiger partial charge < -0.3 is 5.32 Å². The molecule has 0 saturated carbocycles. The number of rotatable bonds is 7. The fraction of sp³-hybridized carbons (Fsp3) is 0.0435. The van der Waals surface area contributed by atoms with Gasteiger partial charge in [-0.3, -0.25) is 19.7 Å². The quantitative estimate of drug-likeness (QED) is 0.325. The summed E-state index contributed by atoms with van der Waals surface area (Å²) in [6, 6.07) is 26.3. The zero-order chi connectivity index (χ0) is 20.5. The highest BCUT2D eigenvalue weighted by atomic mass is 16.5. The second kappa shape index (κ2) is 9.87. The Morgan fingerprint density at radius 1 is 0.828 bits per heavy atom. The maximum Gasteiger partial charge on any atom is 0.267 e. The van der Waals surface area contributed by atoms with E-state index in [0.29, 0.717) is 0 Å². The van der Waals surface area contributed by atoms with Gasteiger partial charge in [0.25, 0.3) is 11.8 Å². The molecular weight excluding hydrogens is 366 g/mol. The number of nitrogens with zero attached hydrogens (tertiary/aromatic N) is 1. The molecule has 3 N–H and O–H groups in total. The SMILES string of the molecule is O=C(C=Cc1ccc(NCC(=O)N(c2ccccc2)c2ccccc2)cc1)NO. The van der Waals surface area contributed by atoms with Gasteiger partial charge in [0.05, 0.1) is 6.54 Å². The molecule has 0 spiro atoms. The third kappa shape index (κ3) is 5.54. The summed E-state index contributed by atoms with van der Waals surface area (Å²) in [5.74, 6) is -0.689. The Hall–Kier alpha value is -3.90. The molecule has 0 heterocycles. The molecule has 6 heteroatoms. The van der Waals surface area contributed by atoms with E-state index < -0.39 is 5.91 Å². The summed E-state index contributed by atoms with van der Waals surface area (Å²) < 4.78 is 0. The minimum atomic E-state index is -0.597. The van der Waals surface area contributed by atoms with Crippen LogP contribution in [-0.4, -0.2) is 23.6 Å². The fourth-order valence-electron chi connectivity index (χ4n) is 2.77. The molecule has 3 aromatic rings. The van der Waals surface area contributed by atoms with Gasteiger partial charge >= 0.3 is 0 Å². The van der Waals surface area contributed by atoms with Crippen molar-refractivity contribution in [3.8, 4) is 0 Å². The normalized spacial score (nSPS) is 10.5. The number of hydroxylamine groups is 1. The van der Waals surface area contributed by atoms with Crippen molar-refractivity contribution in [2.75, 3.05) is 16.8 Å². The molecule has 29 heavy (non-hydrogen) atoms. The van der Waals surface area contributed by atoms with Gasteiger partial charge in [-0.15, -0.1) is 0 Å². The molecule has 0 saturated heterocycles. The third-order valence-corrected chi connectivity index (χ3v) is 4.17. The summed E-state index contributed by atoms with van der Waals surface area (Å²) in [5.41, 5.74) is 4.71. The molecule has 2 amide bonds. The first-order valence-electron chi connectivity index (χ1n) is 9.06. The Morgan fingerprint density at radius 2 is 1.38 bits per heavy atom. The number of carbonyl (C=O) groups excluding carboxylic acids is 2. The van der Waals surface area contributed by atoms with E-state index >= 15 is 0 Å². The van der Waals surface area contributed by atoms with Crippen molar-refractivity contribution in [3.05, 3.63) is 96.6 Å². The van der Waals surface area contributed by atoms with E-state index in [1.54, 1.807) is 23.1 Å². The molecule has 0 radical (unpaired) electrons. The Balaban J connectivity index is 1.69. The Labute approximate surface area is 169 Å². The molecule has 0 fully saturated rings. The van der Waals surface area contributed by atoms with Gasteiger partial charge in [-0.1, -0.05) is 48.5 Å². The minimum Gasteiger partial charge on any atom is -0.376 e. The summed E-state index contributed by atoms with van der Waals surface area (Å²) in [7, 11) is 0. The van der Waals surface area contributed by atoms with Crippen LogP contribution in [0.5, 0.6) is 0 Å². The Morgan fingerprint density at radius 3 is 1.90 bits per heavy atom. The van der Waals surface area contributed by atoms with Crippen LogP contribution in [-0.2, 0) is 9.59 Å². The van der Waals surface area contributed by atoms with E-state index in [4.69, 9.17) is 5.21 Å². The average Bonchev–Trinajstić information content (AvgIpc) is 2.78. The lowest BCUT2D eigenvalue weighted by atomic mass is 10.2. The predicted octanol–water partition coefficient (Wildman–Crippen LogP) is 3.98. The van der Waals surface area contributed by atoms with Crippen molar-refractivity contribution in [3.63, 3.8) is 0 Å². The zero-order valence-corrected chi connectivity index (χ0v) is 15.7. The van der Waals surface area contributed by atoms with Crippen LogP contribution in [0.15, 0.2) is 91.0 Å². The first-order valence-corrected chi connectivity index (χ1v) is 9.06. The molecule has 0 unspecified atom stereocenters. The number of hydrogen-bond donors (Lipinski definition) is 3. The molecule has 0 aliphatic carbocycles. The number of carbonyl (C=O) groups is 2. The van der Waals surface area contributed by atoms with Gasteiger partial charge in [0.2, 0.25) is 0 Å². The van der Waals surface area contributed by atoms with Crippen molar-refractivity contribution in [1.82, 2.24) is 5.48 Å². The minimum absolute atomic E-state index is 0.0917. The highest BCUT2D eigenvalue weighted by Crippen LogP contribution is 2.25. The van der Waals surface area contributed by atoms with E-state index in [1.165, 1.54) is 11.6 Å². The summed E-state index contributed by atoms with van der Waals surface area (Å²) in [6.07, 6.45) is 2.80. The van der Waals surface area contributed by atoms with Crippen LogP contribution in [0.1, 0.15) is 5.56 Å². The van der Waals surface area contributed by atoms with Crippen LogP contribution < -0.4 is 15.7 Å². The van der Waals surface area contributed by atoms with E-state index in [1.807, 2.05) is 72.8 Å². The second-order valence-electron chi connectivity index (χ2n) is 6.19. The average molecular weight is 387 g/mol. The van der Waals surface area contributed by atoms with Crippen molar-refractivity contribution in [1.29, 1.82) is 0 Å². The van der Waals surface area contributed by atoms with E-state index in [2.05, 4.69) is 5.32 Å². The van der Waals surface area contributed by atoms with Crippen LogP contribution >= 0.6 is 0 Å². The van der Waals surface area contributed by atoms with Gasteiger partial charge in [-0.2, -0.15) is 0 Å². The molecule has 0 bridgehead atoms. The van der Waals surface area contributed by atoms with E-state index in [-0.39, 0.29) is 12.5 Å². The van der Waals surface area contributed by atoms with Crippen molar-refractivity contribution < 1.29 is 14.8 Å². The first kappa shape index (κ1) is 19.9. The highest BCUT2D eigenvalue weighted by Gasteiger charge is 2.17. The molecule has 6 nitrogen and oxygen atoms in total. The van der Waals surface area contributed by atoms with Crippen LogP contribution in [0.25, 0.3) is 6.08 Å². The van der Waals surface area contributed by atoms with E-state index in [9.17, 15) is 9.59 Å².